The van der Waals surface area contributed by atoms with Gasteiger partial charge in [0, 0.05) is 12.1 Å². The van der Waals surface area contributed by atoms with E-state index < -0.39 is 27.1 Å². The van der Waals surface area contributed by atoms with Gasteiger partial charge in [0.2, 0.25) is 5.40 Å². The van der Waals surface area contributed by atoms with Gasteiger partial charge in [0.25, 0.3) is 0 Å². The minimum atomic E-state index is -4.90. The number of aromatic nitrogens is 1. The summed E-state index contributed by atoms with van der Waals surface area (Å²) in [5.41, 5.74) is 1.08. The number of nitrogens with zero attached hydrogens (tertiary/aromatic N) is 1. The summed E-state index contributed by atoms with van der Waals surface area (Å²) in [6.07, 6.45) is 4.19. The van der Waals surface area contributed by atoms with Gasteiger partial charge in [-0.2, -0.15) is 0 Å². The fourth-order valence-electron chi connectivity index (χ4n) is 2.36. The number of hydrogen-bond donors (Lipinski definition) is 4. The molecule has 0 aliphatic rings. The molecule has 4 N–H and O–H groups in total. The highest BCUT2D eigenvalue weighted by atomic mass is 31.2. The Morgan fingerprint density at radius 2 is 1.45 bits per heavy atom. The summed E-state index contributed by atoms with van der Waals surface area (Å²) < 4.78 is 23.9. The van der Waals surface area contributed by atoms with Crippen LogP contribution in [0.4, 0.5) is 0 Å². The molecule has 1 aromatic heterocycles. The molecule has 1 atom stereocenters. The molecule has 1 heterocycles. The van der Waals surface area contributed by atoms with E-state index in [0.717, 1.165) is 12.0 Å². The van der Waals surface area contributed by atoms with Crippen molar-refractivity contribution in [2.75, 3.05) is 0 Å². The highest BCUT2D eigenvalue weighted by molar-refractivity contribution is 7.70. The zero-order valence-corrected chi connectivity index (χ0v) is 14.7. The molecule has 1 rings (SSSR count). The quantitative estimate of drug-likeness (QED) is 0.439. The van der Waals surface area contributed by atoms with Crippen LogP contribution in [0.15, 0.2) is 24.5 Å². The lowest BCUT2D eigenvalue weighted by atomic mass is 9.93. The molecular formula is C13H24NO6P2+. The third-order valence-corrected chi connectivity index (χ3v) is 7.15. The lowest BCUT2D eigenvalue weighted by Crippen LogP contribution is -2.39. The van der Waals surface area contributed by atoms with E-state index in [0.29, 0.717) is 11.8 Å². The molecule has 0 aromatic carbocycles. The van der Waals surface area contributed by atoms with Gasteiger partial charge in [-0.05, 0) is 23.8 Å². The van der Waals surface area contributed by atoms with Crippen LogP contribution < -0.4 is 4.57 Å². The zero-order valence-electron chi connectivity index (χ0n) is 12.9. The highest BCUT2D eigenvalue weighted by Gasteiger charge is 2.46. The normalized spacial score (nSPS) is 14.6. The van der Waals surface area contributed by atoms with Crippen molar-refractivity contribution < 1.29 is 33.3 Å². The Balaban J connectivity index is 2.91. The second-order valence-electron chi connectivity index (χ2n) is 6.02. The van der Waals surface area contributed by atoms with Gasteiger partial charge in [0.05, 0.1) is 0 Å². The standard InChI is InChI=1S/C13H23NO6P2/c1-10(2)8-11(3)12-4-6-14(7-5-12)9-13(21(15,16)17)22(18,19)20/h4-7,10-11,13H,8-9H2,1-3H3,(H3-,15,16,17,18,19,20)/p+1. The fraction of sp³-hybridized carbons (Fsp3) is 0.615. The van der Waals surface area contributed by atoms with Crippen LogP contribution in [0, 0.1) is 5.92 Å². The predicted octanol–water partition coefficient (Wildman–Crippen LogP) is 1.81. The Labute approximate surface area is 130 Å². The molecule has 22 heavy (non-hydrogen) atoms. The van der Waals surface area contributed by atoms with Gasteiger partial charge in [-0.15, -0.1) is 0 Å². The lowest BCUT2D eigenvalue weighted by molar-refractivity contribution is -0.694. The van der Waals surface area contributed by atoms with Crippen molar-refractivity contribution >= 4 is 15.2 Å². The summed E-state index contributed by atoms with van der Waals surface area (Å²) in [4.78, 5) is 36.5. The van der Waals surface area contributed by atoms with E-state index >= 15 is 0 Å². The number of pyridine rings is 1. The van der Waals surface area contributed by atoms with Crippen LogP contribution in [0.3, 0.4) is 0 Å². The molecule has 0 saturated carbocycles. The smallest absolute Gasteiger partial charge is 0.324 e. The highest BCUT2D eigenvalue weighted by Crippen LogP contribution is 2.59. The third-order valence-electron chi connectivity index (χ3n) is 3.46. The van der Waals surface area contributed by atoms with Gasteiger partial charge in [0.15, 0.2) is 18.9 Å². The van der Waals surface area contributed by atoms with Crippen LogP contribution >= 0.6 is 15.2 Å². The largest absolute Gasteiger partial charge is 0.347 e. The molecule has 0 spiro atoms. The van der Waals surface area contributed by atoms with Gasteiger partial charge in [-0.3, -0.25) is 9.13 Å². The molecule has 0 fully saturated rings. The van der Waals surface area contributed by atoms with E-state index in [2.05, 4.69) is 20.8 Å². The first-order valence-corrected chi connectivity index (χ1v) is 10.4. The zero-order chi connectivity index (χ0) is 17.1. The van der Waals surface area contributed by atoms with Crippen molar-refractivity contribution in [3.8, 4) is 0 Å². The Bertz CT molecular complexity index is 555. The Morgan fingerprint density at radius 3 is 1.82 bits per heavy atom. The summed E-state index contributed by atoms with van der Waals surface area (Å²) in [6.45, 7) is 5.91. The van der Waals surface area contributed by atoms with E-state index in [1.54, 1.807) is 12.4 Å². The molecule has 0 radical (unpaired) electrons. The average molecular weight is 352 g/mol. The predicted molar refractivity (Wildman–Crippen MR) is 82.4 cm³/mol. The van der Waals surface area contributed by atoms with E-state index in [9.17, 15) is 9.13 Å². The van der Waals surface area contributed by atoms with Crippen LogP contribution in [0.1, 0.15) is 38.7 Å². The first-order chi connectivity index (χ1) is 9.91. The minimum absolute atomic E-state index is 0.342. The molecule has 0 aliphatic carbocycles. The number of hydrogen-bond acceptors (Lipinski definition) is 2. The van der Waals surface area contributed by atoms with Crippen molar-refractivity contribution in [3.05, 3.63) is 30.1 Å². The number of rotatable bonds is 7. The molecule has 1 aromatic rings. The molecule has 1 unspecified atom stereocenters. The first kappa shape index (κ1) is 19.5. The summed E-state index contributed by atoms with van der Waals surface area (Å²) in [7, 11) is -9.79. The fourth-order valence-corrected chi connectivity index (χ4v) is 4.73. The molecule has 0 saturated heterocycles. The summed E-state index contributed by atoms with van der Waals surface area (Å²) in [6, 6.07) is 3.62. The Hall–Kier alpha value is -0.550. The topological polar surface area (TPSA) is 119 Å². The van der Waals surface area contributed by atoms with Crippen molar-refractivity contribution in [2.45, 2.75) is 45.1 Å². The van der Waals surface area contributed by atoms with E-state index in [1.807, 2.05) is 12.1 Å². The van der Waals surface area contributed by atoms with Gasteiger partial charge < -0.3 is 19.6 Å². The van der Waals surface area contributed by atoms with Crippen LogP contribution in [0.25, 0.3) is 0 Å². The molecule has 0 aliphatic heterocycles. The van der Waals surface area contributed by atoms with Gasteiger partial charge in [0.1, 0.15) is 0 Å². The molecule has 9 heteroatoms. The van der Waals surface area contributed by atoms with Gasteiger partial charge in [-0.1, -0.05) is 20.8 Å². The monoisotopic (exact) mass is 352 g/mol. The first-order valence-electron chi connectivity index (χ1n) is 7.00. The second kappa shape index (κ2) is 7.35. The average Bonchev–Trinajstić information content (AvgIpc) is 2.33. The molecular weight excluding hydrogens is 328 g/mol. The SMILES string of the molecule is CC(C)CC(C)c1cc[n+](CC(P(=O)(O)O)P(=O)(O)O)cc1. The van der Waals surface area contributed by atoms with Crippen LogP contribution in [0.5, 0.6) is 0 Å². The Morgan fingerprint density at radius 1 is 1.00 bits per heavy atom. The maximum Gasteiger partial charge on any atom is 0.347 e. The summed E-state index contributed by atoms with van der Waals surface area (Å²) in [5, 5.41) is -2.02. The molecule has 126 valence electrons. The molecule has 0 bridgehead atoms. The van der Waals surface area contributed by atoms with Crippen molar-refractivity contribution in [3.63, 3.8) is 0 Å². The van der Waals surface area contributed by atoms with E-state index in [-0.39, 0.29) is 0 Å². The van der Waals surface area contributed by atoms with Crippen molar-refractivity contribution in [1.82, 2.24) is 0 Å². The summed E-state index contributed by atoms with van der Waals surface area (Å²) >= 11 is 0. The molecule has 0 amide bonds. The van der Waals surface area contributed by atoms with Crippen LogP contribution in [0.2, 0.25) is 0 Å². The van der Waals surface area contributed by atoms with Crippen LogP contribution in [-0.4, -0.2) is 25.0 Å². The molecule has 7 nitrogen and oxygen atoms in total. The maximum absolute atomic E-state index is 11.3. The van der Waals surface area contributed by atoms with Gasteiger partial charge in [-0.25, -0.2) is 4.57 Å². The van der Waals surface area contributed by atoms with Crippen molar-refractivity contribution in [2.24, 2.45) is 5.92 Å². The van der Waals surface area contributed by atoms with Crippen LogP contribution in [-0.2, 0) is 15.7 Å². The third kappa shape index (κ3) is 5.92. The Kier molecular flexibility index (Phi) is 6.51. The summed E-state index contributed by atoms with van der Waals surface area (Å²) in [5.74, 6) is 0.894. The van der Waals surface area contributed by atoms with E-state index in [1.165, 1.54) is 4.57 Å². The second-order valence-corrected chi connectivity index (χ2v) is 10.0. The van der Waals surface area contributed by atoms with Gasteiger partial charge >= 0.3 is 15.2 Å². The minimum Gasteiger partial charge on any atom is -0.324 e. The maximum atomic E-state index is 11.3. The lowest BCUT2D eigenvalue weighted by Gasteiger charge is -2.17. The van der Waals surface area contributed by atoms with E-state index in [4.69, 9.17) is 19.6 Å². The van der Waals surface area contributed by atoms with Crippen molar-refractivity contribution in [1.29, 1.82) is 0 Å².